The smallest absolute Gasteiger partial charge is 0.263 e. The zero-order chi connectivity index (χ0) is 13.9. The van der Waals surface area contributed by atoms with Crippen LogP contribution >= 0.6 is 11.3 Å². The summed E-state index contributed by atoms with van der Waals surface area (Å²) >= 11 is 1.45. The van der Waals surface area contributed by atoms with E-state index < -0.39 is 0 Å². The first-order chi connectivity index (χ1) is 9.74. The molecule has 0 unspecified atom stereocenters. The number of carbonyl (C=O) groups excluding carboxylic acids is 1. The van der Waals surface area contributed by atoms with Gasteiger partial charge in [-0.05, 0) is 31.9 Å². The number of aromatic nitrogens is 2. The molecule has 0 radical (unpaired) electrons. The Morgan fingerprint density at radius 3 is 2.70 bits per heavy atom. The number of amides is 1. The summed E-state index contributed by atoms with van der Waals surface area (Å²) in [5.41, 5.74) is 1.81. The fourth-order valence-corrected chi connectivity index (χ4v) is 3.52. The van der Waals surface area contributed by atoms with Crippen molar-refractivity contribution in [3.63, 3.8) is 0 Å². The lowest BCUT2D eigenvalue weighted by Crippen LogP contribution is -2.32. The van der Waals surface area contributed by atoms with Crippen LogP contribution in [0.15, 0.2) is 24.5 Å². The third kappa shape index (κ3) is 2.72. The van der Waals surface area contributed by atoms with Crippen molar-refractivity contribution in [2.24, 2.45) is 0 Å². The van der Waals surface area contributed by atoms with Crippen LogP contribution in [-0.2, 0) is 0 Å². The normalized spacial score (nSPS) is 15.4. The molecule has 1 fully saturated rings. The number of nitrogens with zero attached hydrogens (tertiary/aromatic N) is 2. The van der Waals surface area contributed by atoms with E-state index in [9.17, 15) is 4.79 Å². The summed E-state index contributed by atoms with van der Waals surface area (Å²) in [5, 5.41) is 4.00. The minimum Gasteiger partial charge on any atom is -0.349 e. The molecule has 0 spiro atoms. The fourth-order valence-electron chi connectivity index (χ4n) is 2.55. The molecule has 0 saturated heterocycles. The third-order valence-electron chi connectivity index (χ3n) is 3.62. The summed E-state index contributed by atoms with van der Waals surface area (Å²) in [6.07, 6.45) is 8.11. The molecule has 20 heavy (non-hydrogen) atoms. The molecule has 2 heterocycles. The van der Waals surface area contributed by atoms with E-state index in [4.69, 9.17) is 0 Å². The number of aryl methyl sites for hydroxylation is 1. The zero-order valence-electron chi connectivity index (χ0n) is 11.4. The van der Waals surface area contributed by atoms with Crippen molar-refractivity contribution in [3.05, 3.63) is 35.1 Å². The Balaban J connectivity index is 1.80. The summed E-state index contributed by atoms with van der Waals surface area (Å²) in [6, 6.07) is 4.17. The van der Waals surface area contributed by atoms with Crippen LogP contribution in [0.3, 0.4) is 0 Å². The van der Waals surface area contributed by atoms with Crippen LogP contribution in [0.2, 0.25) is 0 Å². The largest absolute Gasteiger partial charge is 0.349 e. The van der Waals surface area contributed by atoms with Gasteiger partial charge in [0.25, 0.3) is 5.91 Å². The Labute approximate surface area is 122 Å². The second-order valence-electron chi connectivity index (χ2n) is 5.12. The Hall–Kier alpha value is -1.75. The van der Waals surface area contributed by atoms with E-state index >= 15 is 0 Å². The molecule has 2 aromatic rings. The van der Waals surface area contributed by atoms with E-state index in [0.717, 1.165) is 34.0 Å². The number of nitrogens with one attached hydrogen (secondary N) is 1. The fraction of sp³-hybridized carbons (Fsp3) is 0.400. The Morgan fingerprint density at radius 2 is 2.00 bits per heavy atom. The second-order valence-corrected chi connectivity index (χ2v) is 6.12. The summed E-state index contributed by atoms with van der Waals surface area (Å²) in [4.78, 5) is 21.5. The van der Waals surface area contributed by atoms with E-state index in [-0.39, 0.29) is 5.91 Å². The van der Waals surface area contributed by atoms with Gasteiger partial charge in [0.15, 0.2) is 0 Å². The molecular formula is C15H17N3OS. The van der Waals surface area contributed by atoms with Crippen molar-refractivity contribution in [2.75, 3.05) is 0 Å². The number of pyridine rings is 1. The zero-order valence-corrected chi connectivity index (χ0v) is 12.2. The van der Waals surface area contributed by atoms with Crippen LogP contribution in [0.5, 0.6) is 0 Å². The Bertz CT molecular complexity index is 603. The quantitative estimate of drug-likeness (QED) is 0.943. The molecular weight excluding hydrogens is 270 g/mol. The first-order valence-electron chi connectivity index (χ1n) is 6.93. The summed E-state index contributed by atoms with van der Waals surface area (Å²) in [7, 11) is 0. The van der Waals surface area contributed by atoms with E-state index in [2.05, 4.69) is 15.3 Å². The maximum Gasteiger partial charge on any atom is 0.263 e. The van der Waals surface area contributed by atoms with Crippen molar-refractivity contribution >= 4 is 17.2 Å². The molecule has 0 bridgehead atoms. The van der Waals surface area contributed by atoms with Crippen molar-refractivity contribution < 1.29 is 4.79 Å². The van der Waals surface area contributed by atoms with Gasteiger partial charge >= 0.3 is 0 Å². The molecule has 0 atom stereocenters. The molecule has 2 aromatic heterocycles. The molecule has 0 aromatic carbocycles. The van der Waals surface area contributed by atoms with E-state index in [1.807, 2.05) is 19.1 Å². The molecule has 1 aliphatic rings. The lowest BCUT2D eigenvalue weighted by molar-refractivity contribution is 0.0941. The van der Waals surface area contributed by atoms with Gasteiger partial charge in [0, 0.05) is 24.0 Å². The highest BCUT2D eigenvalue weighted by atomic mass is 32.1. The molecule has 3 rings (SSSR count). The van der Waals surface area contributed by atoms with Gasteiger partial charge in [0.1, 0.15) is 9.88 Å². The predicted molar refractivity (Wildman–Crippen MR) is 79.8 cm³/mol. The molecule has 1 aliphatic carbocycles. The topological polar surface area (TPSA) is 54.9 Å². The minimum absolute atomic E-state index is 0.0206. The first kappa shape index (κ1) is 13.2. The summed E-state index contributed by atoms with van der Waals surface area (Å²) in [6.45, 7) is 1.89. The molecule has 1 saturated carbocycles. The first-order valence-corrected chi connectivity index (χ1v) is 7.74. The SMILES string of the molecule is Cc1nc(-c2ccncc2)sc1C(=O)NC1CCCC1. The van der Waals surface area contributed by atoms with Crippen LogP contribution in [0.4, 0.5) is 0 Å². The third-order valence-corrected chi connectivity index (χ3v) is 4.83. The van der Waals surface area contributed by atoms with E-state index in [0.29, 0.717) is 6.04 Å². The Kier molecular flexibility index (Phi) is 3.78. The highest BCUT2D eigenvalue weighted by molar-refractivity contribution is 7.17. The van der Waals surface area contributed by atoms with Crippen molar-refractivity contribution in [1.29, 1.82) is 0 Å². The second kappa shape index (κ2) is 5.71. The van der Waals surface area contributed by atoms with Crippen LogP contribution in [0, 0.1) is 6.92 Å². The lowest BCUT2D eigenvalue weighted by Gasteiger charge is -2.10. The maximum atomic E-state index is 12.3. The number of carbonyl (C=O) groups is 1. The van der Waals surface area contributed by atoms with Crippen LogP contribution in [0.25, 0.3) is 10.6 Å². The van der Waals surface area contributed by atoms with Gasteiger partial charge < -0.3 is 5.32 Å². The van der Waals surface area contributed by atoms with Gasteiger partial charge in [0.05, 0.1) is 5.69 Å². The van der Waals surface area contributed by atoms with Gasteiger partial charge in [-0.15, -0.1) is 11.3 Å². The van der Waals surface area contributed by atoms with Gasteiger partial charge in [-0.3, -0.25) is 9.78 Å². The monoisotopic (exact) mass is 287 g/mol. The number of hydrogen-bond donors (Lipinski definition) is 1. The summed E-state index contributed by atoms with van der Waals surface area (Å²) in [5.74, 6) is 0.0206. The highest BCUT2D eigenvalue weighted by Crippen LogP contribution is 2.28. The van der Waals surface area contributed by atoms with Crippen LogP contribution in [0.1, 0.15) is 41.0 Å². The average Bonchev–Trinajstić information content (AvgIpc) is 3.09. The molecule has 4 nitrogen and oxygen atoms in total. The maximum absolute atomic E-state index is 12.3. The molecule has 5 heteroatoms. The van der Waals surface area contributed by atoms with Crippen LogP contribution in [-0.4, -0.2) is 21.9 Å². The van der Waals surface area contributed by atoms with Gasteiger partial charge in [-0.1, -0.05) is 12.8 Å². The van der Waals surface area contributed by atoms with E-state index in [1.165, 1.54) is 24.2 Å². The average molecular weight is 287 g/mol. The number of thiazole rings is 1. The van der Waals surface area contributed by atoms with E-state index in [1.54, 1.807) is 12.4 Å². The highest BCUT2D eigenvalue weighted by Gasteiger charge is 2.21. The lowest BCUT2D eigenvalue weighted by atomic mass is 10.2. The predicted octanol–water partition coefficient (Wildman–Crippen LogP) is 3.19. The van der Waals surface area contributed by atoms with Gasteiger partial charge in [0.2, 0.25) is 0 Å². The van der Waals surface area contributed by atoms with Crippen LogP contribution < -0.4 is 5.32 Å². The van der Waals surface area contributed by atoms with Crippen molar-refractivity contribution in [2.45, 2.75) is 38.6 Å². The number of hydrogen-bond acceptors (Lipinski definition) is 4. The standard InChI is InChI=1S/C15H17N3OS/c1-10-13(14(19)18-12-4-2-3-5-12)20-15(17-10)11-6-8-16-9-7-11/h6-9,12H,2-5H2,1H3,(H,18,19). The molecule has 1 N–H and O–H groups in total. The molecule has 104 valence electrons. The van der Waals surface area contributed by atoms with Gasteiger partial charge in [-0.25, -0.2) is 4.98 Å². The number of rotatable bonds is 3. The minimum atomic E-state index is 0.0206. The van der Waals surface area contributed by atoms with Crippen molar-refractivity contribution in [1.82, 2.24) is 15.3 Å². The summed E-state index contributed by atoms with van der Waals surface area (Å²) < 4.78 is 0. The van der Waals surface area contributed by atoms with Crippen molar-refractivity contribution in [3.8, 4) is 10.6 Å². The molecule has 1 amide bonds. The Morgan fingerprint density at radius 1 is 1.30 bits per heavy atom. The van der Waals surface area contributed by atoms with Gasteiger partial charge in [-0.2, -0.15) is 0 Å². The molecule has 0 aliphatic heterocycles.